The molecule has 1 heterocycles. The first-order valence-corrected chi connectivity index (χ1v) is 9.94. The van der Waals surface area contributed by atoms with Crippen LogP contribution in [0.5, 0.6) is 0 Å². The third-order valence-corrected chi connectivity index (χ3v) is 5.56. The van der Waals surface area contributed by atoms with Crippen molar-refractivity contribution < 1.29 is 21.5 Å². The summed E-state index contributed by atoms with van der Waals surface area (Å²) in [6.07, 6.45) is 12.0. The molecule has 2 rings (SSSR count). The lowest BCUT2D eigenvalue weighted by Gasteiger charge is -2.34. The van der Waals surface area contributed by atoms with E-state index in [0.29, 0.717) is 5.02 Å². The van der Waals surface area contributed by atoms with Crippen LogP contribution in [0.15, 0.2) is 36.4 Å². The summed E-state index contributed by atoms with van der Waals surface area (Å²) < 4.78 is 1.16. The minimum atomic E-state index is 0. The van der Waals surface area contributed by atoms with Crippen LogP contribution >= 0.6 is 23.2 Å². The summed E-state index contributed by atoms with van der Waals surface area (Å²) in [6, 6.07) is 5.79. The lowest BCUT2D eigenvalue weighted by molar-refractivity contribution is -0.906. The second-order valence-corrected chi connectivity index (χ2v) is 7.89. The summed E-state index contributed by atoms with van der Waals surface area (Å²) in [5.74, 6) is 0. The Kier molecular flexibility index (Phi) is 10.4. The van der Waals surface area contributed by atoms with E-state index in [2.05, 4.69) is 25.7 Å². The maximum Gasteiger partial charge on any atom is 0.101 e. The molecule has 0 radical (unpaired) electrons. The molecule has 140 valence electrons. The third kappa shape index (κ3) is 7.09. The van der Waals surface area contributed by atoms with Gasteiger partial charge >= 0.3 is 0 Å². The number of nitrogens with zero attached hydrogens (tertiary/aromatic N) is 1. The smallest absolute Gasteiger partial charge is 0.101 e. The van der Waals surface area contributed by atoms with Crippen molar-refractivity contribution in [1.29, 1.82) is 0 Å². The van der Waals surface area contributed by atoms with Gasteiger partial charge in [0.05, 0.1) is 19.6 Å². The fourth-order valence-electron chi connectivity index (χ4n) is 3.75. The van der Waals surface area contributed by atoms with Gasteiger partial charge in [-0.1, -0.05) is 55.6 Å². The van der Waals surface area contributed by atoms with Gasteiger partial charge in [0.2, 0.25) is 0 Å². The van der Waals surface area contributed by atoms with Gasteiger partial charge in [-0.05, 0) is 48.3 Å². The Morgan fingerprint density at radius 3 is 2.52 bits per heavy atom. The zero-order valence-electron chi connectivity index (χ0n) is 15.2. The van der Waals surface area contributed by atoms with Gasteiger partial charge in [-0.2, -0.15) is 0 Å². The molecule has 1 fully saturated rings. The van der Waals surface area contributed by atoms with Gasteiger partial charge in [-0.3, -0.25) is 0 Å². The van der Waals surface area contributed by atoms with Crippen LogP contribution in [0.4, 0.5) is 0 Å². The Hall–Kier alpha value is -0.280. The molecule has 1 aromatic carbocycles. The van der Waals surface area contributed by atoms with Gasteiger partial charge in [0.25, 0.3) is 0 Å². The molecule has 0 unspecified atom stereocenters. The van der Waals surface area contributed by atoms with Crippen molar-refractivity contribution in [2.75, 3.05) is 26.2 Å². The average molecular weight is 447 g/mol. The van der Waals surface area contributed by atoms with Gasteiger partial charge in [0, 0.05) is 22.9 Å². The molecule has 1 saturated heterocycles. The summed E-state index contributed by atoms with van der Waals surface area (Å²) in [7, 11) is 0. The van der Waals surface area contributed by atoms with E-state index in [1.807, 2.05) is 18.2 Å². The van der Waals surface area contributed by atoms with Gasteiger partial charge in [0.1, 0.15) is 6.54 Å². The monoisotopic (exact) mass is 445 g/mol. The van der Waals surface area contributed by atoms with Crippen LogP contribution in [0, 0.1) is 0 Å². The maximum absolute atomic E-state index is 6.40. The molecule has 0 bridgehead atoms. The van der Waals surface area contributed by atoms with E-state index in [-0.39, 0.29) is 17.0 Å². The van der Waals surface area contributed by atoms with Crippen LogP contribution in [0.25, 0.3) is 6.08 Å². The van der Waals surface area contributed by atoms with Crippen molar-refractivity contribution in [2.45, 2.75) is 45.4 Å². The molecule has 0 N–H and O–H groups in total. The topological polar surface area (TPSA) is 0 Å². The number of likely N-dealkylation sites (tertiary alicyclic amines) is 1. The normalized spacial score (nSPS) is 16.5. The van der Waals surface area contributed by atoms with Crippen molar-refractivity contribution in [2.24, 2.45) is 0 Å². The molecule has 0 aliphatic carbocycles. The molecule has 0 saturated carbocycles. The van der Waals surface area contributed by atoms with Gasteiger partial charge in [0.15, 0.2) is 0 Å². The Balaban J connectivity index is 0.00000312. The number of benzene rings is 1. The van der Waals surface area contributed by atoms with E-state index >= 15 is 0 Å². The highest BCUT2D eigenvalue weighted by molar-refractivity contribution is 6.35. The second-order valence-electron chi connectivity index (χ2n) is 7.05. The van der Waals surface area contributed by atoms with E-state index in [9.17, 15) is 0 Å². The van der Waals surface area contributed by atoms with E-state index in [1.165, 1.54) is 50.8 Å². The van der Waals surface area contributed by atoms with E-state index < -0.39 is 0 Å². The second kappa shape index (κ2) is 11.4. The molecule has 1 nitrogen and oxygen atoms in total. The zero-order chi connectivity index (χ0) is 17.4. The van der Waals surface area contributed by atoms with Crippen molar-refractivity contribution >= 4 is 29.3 Å². The minimum Gasteiger partial charge on any atom is -1.00 e. The summed E-state index contributed by atoms with van der Waals surface area (Å²) in [4.78, 5) is 0. The fourth-order valence-corrected chi connectivity index (χ4v) is 4.22. The van der Waals surface area contributed by atoms with Crippen molar-refractivity contribution in [3.63, 3.8) is 0 Å². The standard InChI is InChI=1S/C21H30Cl2N.BrH/c1-3-5-6-9-18(15-19-10-11-20(22)16-21(19)23)17-24(12-4-2)13-7-8-14-24;/h4,10-11,15-16H,2-3,5-9,12-14,17H2,1H3;1H/q+1;/p-1. The van der Waals surface area contributed by atoms with E-state index in [4.69, 9.17) is 23.2 Å². The molecule has 4 heteroatoms. The molecule has 0 spiro atoms. The molecule has 0 atom stereocenters. The SMILES string of the molecule is C=CC[N+]1(CC(=Cc2ccc(Cl)cc2Cl)CCCCC)CCCC1.[Br-]. The summed E-state index contributed by atoms with van der Waals surface area (Å²) in [5, 5.41) is 1.44. The summed E-state index contributed by atoms with van der Waals surface area (Å²) in [5.41, 5.74) is 2.60. The van der Waals surface area contributed by atoms with Gasteiger partial charge in [-0.25, -0.2) is 0 Å². The highest BCUT2D eigenvalue weighted by atomic mass is 79.9. The number of unbranched alkanes of at least 4 members (excludes halogenated alkanes) is 2. The molecule has 1 aliphatic rings. The van der Waals surface area contributed by atoms with Crippen molar-refractivity contribution in [3.8, 4) is 0 Å². The van der Waals surface area contributed by atoms with Crippen LogP contribution in [-0.2, 0) is 0 Å². The Morgan fingerprint density at radius 1 is 1.20 bits per heavy atom. The van der Waals surface area contributed by atoms with Crippen LogP contribution in [0.1, 0.15) is 51.0 Å². The first-order chi connectivity index (χ1) is 11.6. The maximum atomic E-state index is 6.40. The van der Waals surface area contributed by atoms with E-state index in [0.717, 1.165) is 34.6 Å². The quantitative estimate of drug-likeness (QED) is 0.307. The molecule has 1 aliphatic heterocycles. The summed E-state index contributed by atoms with van der Waals surface area (Å²) in [6.45, 7) is 11.0. The van der Waals surface area contributed by atoms with Gasteiger partial charge < -0.3 is 21.5 Å². The average Bonchev–Trinajstić information content (AvgIpc) is 2.99. The molecule has 1 aromatic rings. The molecule has 0 aromatic heterocycles. The first-order valence-electron chi connectivity index (χ1n) is 9.19. The number of hydrogen-bond donors (Lipinski definition) is 0. The van der Waals surface area contributed by atoms with Crippen LogP contribution in [-0.4, -0.2) is 30.7 Å². The Labute approximate surface area is 174 Å². The lowest BCUT2D eigenvalue weighted by atomic mass is 10.0. The highest BCUT2D eigenvalue weighted by Crippen LogP contribution is 2.28. The van der Waals surface area contributed by atoms with Crippen molar-refractivity contribution in [1.82, 2.24) is 0 Å². The lowest BCUT2D eigenvalue weighted by Crippen LogP contribution is -3.00. The number of halogens is 3. The largest absolute Gasteiger partial charge is 1.00 e. The zero-order valence-corrected chi connectivity index (χ0v) is 18.3. The third-order valence-electron chi connectivity index (χ3n) is 4.99. The Morgan fingerprint density at radius 2 is 1.92 bits per heavy atom. The van der Waals surface area contributed by atoms with Crippen LogP contribution in [0.2, 0.25) is 10.0 Å². The minimum absolute atomic E-state index is 0. The Bertz CT molecular complexity index is 577. The van der Waals surface area contributed by atoms with Crippen LogP contribution < -0.4 is 17.0 Å². The predicted molar refractivity (Wildman–Crippen MR) is 108 cm³/mol. The molecule has 0 amide bonds. The molecular weight excluding hydrogens is 417 g/mol. The highest BCUT2D eigenvalue weighted by Gasteiger charge is 2.31. The number of quaternary nitrogens is 1. The van der Waals surface area contributed by atoms with Crippen molar-refractivity contribution in [3.05, 3.63) is 52.0 Å². The fraction of sp³-hybridized carbons (Fsp3) is 0.524. The summed E-state index contributed by atoms with van der Waals surface area (Å²) >= 11 is 12.4. The first kappa shape index (κ1) is 22.8. The predicted octanol–water partition coefficient (Wildman–Crippen LogP) is 3.76. The number of rotatable bonds is 9. The molecular formula is C21H30BrCl2N. The van der Waals surface area contributed by atoms with E-state index in [1.54, 1.807) is 0 Å². The molecule has 25 heavy (non-hydrogen) atoms. The van der Waals surface area contributed by atoms with Crippen LogP contribution in [0.3, 0.4) is 0 Å². The number of hydrogen-bond acceptors (Lipinski definition) is 0. The van der Waals surface area contributed by atoms with Gasteiger partial charge in [-0.15, -0.1) is 0 Å².